The molecule has 0 amide bonds. The lowest BCUT2D eigenvalue weighted by Gasteiger charge is -2.05. The molecule has 0 atom stereocenters. The molecule has 1 aromatic carbocycles. The quantitative estimate of drug-likeness (QED) is 0.804. The van der Waals surface area contributed by atoms with Crippen LogP contribution in [0.4, 0.5) is 4.39 Å². The average Bonchev–Trinajstić information content (AvgIpc) is 2.78. The van der Waals surface area contributed by atoms with E-state index in [9.17, 15) is 4.39 Å². The summed E-state index contributed by atoms with van der Waals surface area (Å²) in [7, 11) is 0. The smallest absolute Gasteiger partial charge is 0.137 e. The van der Waals surface area contributed by atoms with Crippen LogP contribution in [-0.2, 0) is 6.42 Å². The van der Waals surface area contributed by atoms with Crippen LogP contribution >= 0.6 is 11.6 Å². The molecule has 0 bridgehead atoms. The highest BCUT2D eigenvalue weighted by Crippen LogP contribution is 2.27. The Bertz CT molecular complexity index is 750. The number of fused-ring (bicyclic) bond motifs is 1. The van der Waals surface area contributed by atoms with Crippen LogP contribution in [0.5, 0.6) is 0 Å². The second-order valence-electron chi connectivity index (χ2n) is 4.53. The second-order valence-corrected chi connectivity index (χ2v) is 4.96. The van der Waals surface area contributed by atoms with Crippen LogP contribution in [-0.4, -0.2) is 15.9 Å². The molecular formula is C15H13ClFN3. The second kappa shape index (κ2) is 5.23. The van der Waals surface area contributed by atoms with Crippen molar-refractivity contribution in [1.29, 1.82) is 0 Å². The zero-order valence-corrected chi connectivity index (χ0v) is 11.4. The number of halogens is 2. The van der Waals surface area contributed by atoms with Crippen molar-refractivity contribution in [3.05, 3.63) is 59.1 Å². The molecule has 0 radical (unpaired) electrons. The lowest BCUT2D eigenvalue weighted by Crippen LogP contribution is -2.04. The largest absolute Gasteiger partial charge is 0.330 e. The van der Waals surface area contributed by atoms with Crippen molar-refractivity contribution in [1.82, 2.24) is 9.38 Å². The summed E-state index contributed by atoms with van der Waals surface area (Å²) in [6, 6.07) is 10.00. The van der Waals surface area contributed by atoms with Gasteiger partial charge in [-0.25, -0.2) is 9.37 Å². The van der Waals surface area contributed by atoms with Gasteiger partial charge >= 0.3 is 0 Å². The molecular weight excluding hydrogens is 277 g/mol. The van der Waals surface area contributed by atoms with Crippen LogP contribution in [0, 0.1) is 5.82 Å². The summed E-state index contributed by atoms with van der Waals surface area (Å²) in [4.78, 5) is 4.57. The Kier molecular flexibility index (Phi) is 3.42. The number of hydrogen-bond acceptors (Lipinski definition) is 2. The lowest BCUT2D eigenvalue weighted by atomic mass is 10.1. The van der Waals surface area contributed by atoms with Gasteiger partial charge in [0.15, 0.2) is 0 Å². The van der Waals surface area contributed by atoms with Crippen molar-refractivity contribution >= 4 is 17.2 Å². The van der Waals surface area contributed by atoms with E-state index in [1.54, 1.807) is 18.2 Å². The molecule has 3 nitrogen and oxygen atoms in total. The summed E-state index contributed by atoms with van der Waals surface area (Å²) >= 11 is 6.06. The van der Waals surface area contributed by atoms with E-state index in [0.717, 1.165) is 22.6 Å². The summed E-state index contributed by atoms with van der Waals surface area (Å²) in [5.74, 6) is -0.263. The Hall–Kier alpha value is -1.91. The zero-order chi connectivity index (χ0) is 14.1. The number of benzene rings is 1. The Morgan fingerprint density at radius 1 is 1.15 bits per heavy atom. The number of rotatable bonds is 3. The summed E-state index contributed by atoms with van der Waals surface area (Å²) in [6.45, 7) is 0.506. The van der Waals surface area contributed by atoms with Gasteiger partial charge in [-0.1, -0.05) is 11.6 Å². The molecule has 0 unspecified atom stereocenters. The number of aromatic nitrogens is 2. The third-order valence-electron chi connectivity index (χ3n) is 3.15. The molecule has 3 rings (SSSR count). The van der Waals surface area contributed by atoms with E-state index in [1.165, 1.54) is 12.1 Å². The number of nitrogens with two attached hydrogens (primary N) is 1. The number of imidazole rings is 1. The maximum atomic E-state index is 13.1. The molecule has 0 aliphatic carbocycles. The van der Waals surface area contributed by atoms with Crippen LogP contribution in [0.25, 0.3) is 16.9 Å². The van der Waals surface area contributed by atoms with Gasteiger partial charge in [0.1, 0.15) is 11.5 Å². The molecule has 0 saturated carbocycles. The predicted molar refractivity (Wildman–Crippen MR) is 78.4 cm³/mol. The molecule has 20 heavy (non-hydrogen) atoms. The van der Waals surface area contributed by atoms with E-state index in [4.69, 9.17) is 17.3 Å². The van der Waals surface area contributed by atoms with Gasteiger partial charge in [-0.15, -0.1) is 0 Å². The van der Waals surface area contributed by atoms with E-state index in [0.29, 0.717) is 18.0 Å². The van der Waals surface area contributed by atoms with Crippen LogP contribution in [0.3, 0.4) is 0 Å². The fourth-order valence-electron chi connectivity index (χ4n) is 2.29. The van der Waals surface area contributed by atoms with Gasteiger partial charge in [0.2, 0.25) is 0 Å². The third kappa shape index (κ3) is 2.28. The molecule has 0 fully saturated rings. The normalized spacial score (nSPS) is 11.2. The van der Waals surface area contributed by atoms with E-state index >= 15 is 0 Å². The van der Waals surface area contributed by atoms with Crippen molar-refractivity contribution in [2.24, 2.45) is 5.73 Å². The predicted octanol–water partition coefficient (Wildman–Crippen LogP) is 3.30. The number of pyridine rings is 1. The van der Waals surface area contributed by atoms with Crippen LogP contribution in [0.15, 0.2) is 42.6 Å². The van der Waals surface area contributed by atoms with Gasteiger partial charge in [-0.2, -0.15) is 0 Å². The van der Waals surface area contributed by atoms with E-state index in [2.05, 4.69) is 4.98 Å². The molecule has 3 aromatic rings. The van der Waals surface area contributed by atoms with Gasteiger partial charge in [-0.3, -0.25) is 4.40 Å². The molecule has 2 heterocycles. The van der Waals surface area contributed by atoms with E-state index in [1.807, 2.05) is 16.7 Å². The monoisotopic (exact) mass is 289 g/mol. The lowest BCUT2D eigenvalue weighted by molar-refractivity contribution is 0.628. The fraction of sp³-hybridized carbons (Fsp3) is 0.133. The van der Waals surface area contributed by atoms with Crippen molar-refractivity contribution in [3.63, 3.8) is 0 Å². The van der Waals surface area contributed by atoms with E-state index in [-0.39, 0.29) is 5.82 Å². The molecule has 0 aliphatic heterocycles. The minimum atomic E-state index is -0.263. The highest BCUT2D eigenvalue weighted by Gasteiger charge is 2.13. The SMILES string of the molecule is NCCc1nc2ccc(Cl)cn2c1-c1ccc(F)cc1. The highest BCUT2D eigenvalue weighted by atomic mass is 35.5. The van der Waals surface area contributed by atoms with Gasteiger partial charge in [0.25, 0.3) is 0 Å². The first kappa shape index (κ1) is 13.1. The standard InChI is InChI=1S/C15H13ClFN3/c16-11-3-6-14-19-13(7-8-18)15(20(14)9-11)10-1-4-12(17)5-2-10/h1-6,9H,7-8,18H2. The van der Waals surface area contributed by atoms with Gasteiger partial charge < -0.3 is 5.73 Å². The Labute approximate surface area is 120 Å². The Morgan fingerprint density at radius 2 is 1.90 bits per heavy atom. The Balaban J connectivity index is 2.27. The maximum absolute atomic E-state index is 13.1. The van der Waals surface area contributed by atoms with Crippen molar-refractivity contribution < 1.29 is 4.39 Å². The summed E-state index contributed by atoms with van der Waals surface area (Å²) < 4.78 is 15.0. The molecule has 0 aliphatic rings. The van der Waals surface area contributed by atoms with Crippen LogP contribution in [0.1, 0.15) is 5.69 Å². The topological polar surface area (TPSA) is 43.3 Å². The minimum Gasteiger partial charge on any atom is -0.330 e. The first-order chi connectivity index (χ1) is 9.69. The van der Waals surface area contributed by atoms with Crippen LogP contribution in [0.2, 0.25) is 5.02 Å². The van der Waals surface area contributed by atoms with Crippen molar-refractivity contribution in [2.75, 3.05) is 6.54 Å². The van der Waals surface area contributed by atoms with Crippen molar-refractivity contribution in [3.8, 4) is 11.3 Å². The zero-order valence-electron chi connectivity index (χ0n) is 10.7. The van der Waals surface area contributed by atoms with Gasteiger partial charge in [0, 0.05) is 18.2 Å². The molecule has 0 spiro atoms. The summed E-state index contributed by atoms with van der Waals surface area (Å²) in [5.41, 5.74) is 9.14. The fourth-order valence-corrected chi connectivity index (χ4v) is 2.45. The Morgan fingerprint density at radius 3 is 2.60 bits per heavy atom. The third-order valence-corrected chi connectivity index (χ3v) is 3.38. The number of nitrogens with zero attached hydrogens (tertiary/aromatic N) is 2. The molecule has 2 aromatic heterocycles. The summed E-state index contributed by atoms with van der Waals surface area (Å²) in [5, 5.41) is 0.623. The van der Waals surface area contributed by atoms with Gasteiger partial charge in [-0.05, 0) is 42.9 Å². The summed E-state index contributed by atoms with van der Waals surface area (Å²) in [6.07, 6.45) is 2.47. The highest BCUT2D eigenvalue weighted by molar-refractivity contribution is 6.30. The van der Waals surface area contributed by atoms with E-state index < -0.39 is 0 Å². The molecule has 5 heteroatoms. The molecule has 102 valence electrons. The molecule has 2 N–H and O–H groups in total. The number of hydrogen-bond donors (Lipinski definition) is 1. The van der Waals surface area contributed by atoms with Crippen LogP contribution < -0.4 is 5.73 Å². The first-order valence-corrected chi connectivity index (χ1v) is 6.69. The average molecular weight is 290 g/mol. The minimum absolute atomic E-state index is 0.263. The molecule has 0 saturated heterocycles. The maximum Gasteiger partial charge on any atom is 0.137 e. The van der Waals surface area contributed by atoms with Crippen molar-refractivity contribution in [2.45, 2.75) is 6.42 Å². The first-order valence-electron chi connectivity index (χ1n) is 6.31. The van der Waals surface area contributed by atoms with Gasteiger partial charge in [0.05, 0.1) is 16.4 Å².